The highest BCUT2D eigenvalue weighted by molar-refractivity contribution is 6.30. The van der Waals surface area contributed by atoms with E-state index in [-0.39, 0.29) is 24.3 Å². The fourth-order valence-electron chi connectivity index (χ4n) is 4.50. The first-order valence-electron chi connectivity index (χ1n) is 17.3. The second kappa shape index (κ2) is 24.6. The highest BCUT2D eigenvalue weighted by atomic mass is 35.5. The van der Waals surface area contributed by atoms with Crippen molar-refractivity contribution in [3.05, 3.63) is 111 Å². The lowest BCUT2D eigenvalue weighted by atomic mass is 10.2. The Balaban J connectivity index is 1.20. The minimum absolute atomic E-state index is 0.140. The first-order chi connectivity index (χ1) is 26.5. The lowest BCUT2D eigenvalue weighted by molar-refractivity contribution is 0.0511. The predicted molar refractivity (Wildman–Crippen MR) is 205 cm³/mol. The molecule has 1 aromatic heterocycles. The van der Waals surface area contributed by atoms with Gasteiger partial charge in [-0.3, -0.25) is 9.59 Å². The molecule has 54 heavy (non-hydrogen) atoms. The number of benzene rings is 3. The van der Waals surface area contributed by atoms with Crippen LogP contribution >= 0.6 is 11.6 Å². The number of nitrogens with zero attached hydrogens (tertiary/aromatic N) is 6. The van der Waals surface area contributed by atoms with Gasteiger partial charge in [0.05, 0.1) is 52.9 Å². The number of hydrogen-bond acceptors (Lipinski definition) is 13. The van der Waals surface area contributed by atoms with Crippen molar-refractivity contribution < 1.29 is 28.5 Å². The predicted octanol–water partition coefficient (Wildman–Crippen LogP) is 4.83. The molecule has 17 nitrogen and oxygen atoms in total. The number of amides is 2. The van der Waals surface area contributed by atoms with Crippen molar-refractivity contribution in [1.82, 2.24) is 25.6 Å². The number of aromatic nitrogens is 3. The van der Waals surface area contributed by atoms with E-state index in [2.05, 4.69) is 51.6 Å². The number of hydrogen-bond donors (Lipinski definition) is 5. The zero-order valence-corrected chi connectivity index (χ0v) is 30.5. The molecule has 0 saturated heterocycles. The fourth-order valence-corrected chi connectivity index (χ4v) is 4.63. The van der Waals surface area contributed by atoms with Crippen molar-refractivity contribution in [2.75, 3.05) is 95.0 Å². The van der Waals surface area contributed by atoms with Crippen LogP contribution in [0.4, 0.5) is 23.5 Å². The maximum Gasteiger partial charge on any atom is 0.251 e. The lowest BCUT2D eigenvalue weighted by Gasteiger charge is -2.12. The molecule has 4 rings (SSSR count). The summed E-state index contributed by atoms with van der Waals surface area (Å²) in [6, 6.07) is 23.4. The van der Waals surface area contributed by atoms with Gasteiger partial charge in [-0.05, 0) is 59.6 Å². The molecule has 0 bridgehead atoms. The summed E-state index contributed by atoms with van der Waals surface area (Å²) in [7, 11) is 0. The van der Waals surface area contributed by atoms with Crippen LogP contribution in [0.1, 0.15) is 26.3 Å². The molecule has 2 amide bonds. The summed E-state index contributed by atoms with van der Waals surface area (Å²) in [5.74, 6) is 0.585. The molecule has 0 aliphatic heterocycles. The van der Waals surface area contributed by atoms with Gasteiger partial charge >= 0.3 is 0 Å². The van der Waals surface area contributed by atoms with Crippen molar-refractivity contribution in [3.8, 4) is 0 Å². The van der Waals surface area contributed by atoms with E-state index in [0.29, 0.717) is 113 Å². The normalized spacial score (nSPS) is 10.6. The quantitative estimate of drug-likeness (QED) is 0.0252. The highest BCUT2D eigenvalue weighted by Gasteiger charge is 2.10. The maximum absolute atomic E-state index is 12.6. The Bertz CT molecular complexity index is 1750. The molecule has 1 heterocycles. The fraction of sp³-hybridized carbons (Fsp3) is 0.361. The first kappa shape index (κ1) is 41.2. The van der Waals surface area contributed by atoms with Gasteiger partial charge < -0.3 is 45.5 Å². The van der Waals surface area contributed by atoms with Crippen molar-refractivity contribution >= 4 is 46.9 Å². The van der Waals surface area contributed by atoms with Gasteiger partial charge in [0.15, 0.2) is 0 Å². The van der Waals surface area contributed by atoms with Crippen molar-refractivity contribution in [2.45, 2.75) is 6.54 Å². The number of azide groups is 1. The summed E-state index contributed by atoms with van der Waals surface area (Å²) >= 11 is 6.03. The lowest BCUT2D eigenvalue weighted by Crippen LogP contribution is -2.27. The van der Waals surface area contributed by atoms with Crippen molar-refractivity contribution in [3.63, 3.8) is 0 Å². The summed E-state index contributed by atoms with van der Waals surface area (Å²) < 4.78 is 21.9. The zero-order valence-electron chi connectivity index (χ0n) is 29.7. The Labute approximate surface area is 318 Å². The summed E-state index contributed by atoms with van der Waals surface area (Å²) in [4.78, 5) is 40.9. The summed E-state index contributed by atoms with van der Waals surface area (Å²) in [6.45, 7) is 4.79. The molecule has 0 unspecified atom stereocenters. The molecule has 0 radical (unpaired) electrons. The van der Waals surface area contributed by atoms with Crippen LogP contribution in [0.3, 0.4) is 0 Å². The third kappa shape index (κ3) is 16.4. The molecule has 0 spiro atoms. The van der Waals surface area contributed by atoms with Crippen LogP contribution in [0, 0.1) is 0 Å². The van der Waals surface area contributed by atoms with Crippen LogP contribution in [-0.2, 0) is 25.5 Å². The van der Waals surface area contributed by atoms with Gasteiger partial charge in [0.1, 0.15) is 0 Å². The van der Waals surface area contributed by atoms with E-state index in [1.54, 1.807) is 36.4 Å². The standard InChI is InChI=1S/C36H44ClN11O6/c37-30-10-6-27(7-11-30)26-42-35-45-34(41-16-20-53-23-22-51-18-14-39-32(49)28-4-2-1-3-5-28)46-36(47-35)44-31-12-8-29(9-13-31)33(50)40-15-19-52-24-25-54-21-17-43-48-38/h1-13H,14-26H2,(H,39,49)(H,40,50)(H3,41,42,44,45,46,47). The van der Waals surface area contributed by atoms with Crippen LogP contribution in [-0.4, -0.2) is 106 Å². The summed E-state index contributed by atoms with van der Waals surface area (Å²) in [6.07, 6.45) is 0. The Morgan fingerprint density at radius 2 is 1.17 bits per heavy atom. The average molecular weight is 762 g/mol. The number of halogens is 1. The van der Waals surface area contributed by atoms with Gasteiger partial charge in [-0.2, -0.15) is 15.0 Å². The third-order valence-electron chi connectivity index (χ3n) is 7.17. The van der Waals surface area contributed by atoms with Crippen LogP contribution in [0.2, 0.25) is 5.02 Å². The van der Waals surface area contributed by atoms with E-state index in [4.69, 9.17) is 36.1 Å². The molecule has 0 aliphatic carbocycles. The molecular weight excluding hydrogens is 718 g/mol. The molecule has 18 heteroatoms. The number of carbonyl (C=O) groups excluding carboxylic acids is 2. The molecule has 0 atom stereocenters. The highest BCUT2D eigenvalue weighted by Crippen LogP contribution is 2.18. The largest absolute Gasteiger partial charge is 0.379 e. The monoisotopic (exact) mass is 761 g/mol. The van der Waals surface area contributed by atoms with E-state index >= 15 is 0 Å². The smallest absolute Gasteiger partial charge is 0.251 e. The van der Waals surface area contributed by atoms with Gasteiger partial charge in [-0.1, -0.05) is 47.0 Å². The van der Waals surface area contributed by atoms with Crippen LogP contribution in [0.5, 0.6) is 0 Å². The van der Waals surface area contributed by atoms with Crippen LogP contribution < -0.4 is 26.6 Å². The van der Waals surface area contributed by atoms with Gasteiger partial charge in [0.25, 0.3) is 11.8 Å². The molecule has 3 aromatic carbocycles. The van der Waals surface area contributed by atoms with Crippen LogP contribution in [0.25, 0.3) is 10.4 Å². The summed E-state index contributed by atoms with van der Waals surface area (Å²) in [5.41, 5.74) is 11.0. The maximum atomic E-state index is 12.6. The topological polar surface area (TPSA) is 219 Å². The van der Waals surface area contributed by atoms with Gasteiger partial charge in [0.2, 0.25) is 17.8 Å². The molecule has 286 valence electrons. The van der Waals surface area contributed by atoms with Gasteiger partial charge in [-0.15, -0.1) is 0 Å². The number of nitrogens with one attached hydrogen (secondary N) is 5. The second-order valence-electron chi connectivity index (χ2n) is 11.2. The van der Waals surface area contributed by atoms with Crippen molar-refractivity contribution in [2.24, 2.45) is 5.11 Å². The average Bonchev–Trinajstić information content (AvgIpc) is 3.19. The first-order valence-corrected chi connectivity index (χ1v) is 17.7. The Morgan fingerprint density at radius 3 is 1.78 bits per heavy atom. The van der Waals surface area contributed by atoms with E-state index < -0.39 is 0 Å². The Kier molecular flexibility index (Phi) is 18.8. The number of rotatable bonds is 26. The summed E-state index contributed by atoms with van der Waals surface area (Å²) in [5, 5.41) is 19.2. The SMILES string of the molecule is [N-]=[N+]=NCCOCCOCCNC(=O)c1ccc(Nc2nc(NCCOCCOCCNC(=O)c3ccccc3)nc(NCc3ccc(Cl)cc3)n2)cc1. The Hall–Kier alpha value is -5.55. The van der Waals surface area contributed by atoms with Gasteiger partial charge in [-0.25, -0.2) is 0 Å². The molecular formula is C36H44ClN11O6. The van der Waals surface area contributed by atoms with E-state index in [9.17, 15) is 9.59 Å². The number of ether oxygens (including phenoxy) is 4. The molecule has 4 aromatic rings. The number of anilines is 4. The van der Waals surface area contributed by atoms with E-state index in [1.807, 2.05) is 42.5 Å². The third-order valence-corrected chi connectivity index (χ3v) is 7.43. The Morgan fingerprint density at radius 1 is 0.630 bits per heavy atom. The minimum atomic E-state index is -0.239. The number of carbonyl (C=O) groups is 2. The van der Waals surface area contributed by atoms with Gasteiger partial charge in [0, 0.05) is 59.5 Å². The minimum Gasteiger partial charge on any atom is -0.379 e. The second-order valence-corrected chi connectivity index (χ2v) is 11.6. The molecule has 5 N–H and O–H groups in total. The van der Waals surface area contributed by atoms with Crippen molar-refractivity contribution in [1.29, 1.82) is 0 Å². The molecule has 0 aliphatic rings. The van der Waals surface area contributed by atoms with E-state index in [0.717, 1.165) is 5.56 Å². The molecule has 0 saturated carbocycles. The van der Waals surface area contributed by atoms with E-state index in [1.165, 1.54) is 0 Å². The van der Waals surface area contributed by atoms with Crippen LogP contribution in [0.15, 0.2) is 84.0 Å². The molecule has 0 fully saturated rings. The zero-order chi connectivity index (χ0) is 38.1.